The zero-order valence-corrected chi connectivity index (χ0v) is 8.82. The Kier molecular flexibility index (Phi) is 6.12. The van der Waals surface area contributed by atoms with Gasteiger partial charge in [-0.1, -0.05) is 13.3 Å². The van der Waals surface area contributed by atoms with Crippen LogP contribution < -0.4 is 5.73 Å². The van der Waals surface area contributed by atoms with E-state index in [4.69, 9.17) is 10.8 Å². The molecule has 0 aliphatic carbocycles. The van der Waals surface area contributed by atoms with Gasteiger partial charge < -0.3 is 10.8 Å². The number of ketones is 1. The van der Waals surface area contributed by atoms with Crippen LogP contribution in [0.4, 0.5) is 0 Å². The normalized spacial score (nSPS) is 14.8. The number of hydrogen-bond acceptors (Lipinski definition) is 3. The molecule has 0 aromatic heterocycles. The highest BCUT2D eigenvalue weighted by Crippen LogP contribution is 2.09. The summed E-state index contributed by atoms with van der Waals surface area (Å²) in [5, 5.41) is 8.59. The van der Waals surface area contributed by atoms with Crippen molar-refractivity contribution in [2.24, 2.45) is 11.7 Å². The van der Waals surface area contributed by atoms with Gasteiger partial charge in [0.2, 0.25) is 0 Å². The van der Waals surface area contributed by atoms with Crippen molar-refractivity contribution in [2.75, 3.05) is 0 Å². The molecule has 0 aliphatic rings. The van der Waals surface area contributed by atoms with Gasteiger partial charge in [0.25, 0.3) is 0 Å². The monoisotopic (exact) mass is 201 g/mol. The van der Waals surface area contributed by atoms with Crippen LogP contribution in [-0.2, 0) is 9.59 Å². The van der Waals surface area contributed by atoms with Crippen LogP contribution in [0.2, 0.25) is 0 Å². The Labute approximate surface area is 84.5 Å². The SMILES string of the molecule is C[C@H](N)C(=O)CCCC[C@@H](C)C(=O)O. The van der Waals surface area contributed by atoms with E-state index in [9.17, 15) is 9.59 Å². The molecule has 0 bridgehead atoms. The number of Topliss-reactive ketones (excluding diaryl/α,β-unsaturated/α-hetero) is 1. The van der Waals surface area contributed by atoms with Crippen molar-refractivity contribution in [3.8, 4) is 0 Å². The van der Waals surface area contributed by atoms with Crippen LogP contribution in [0.15, 0.2) is 0 Å². The van der Waals surface area contributed by atoms with Crippen molar-refractivity contribution in [3.05, 3.63) is 0 Å². The molecule has 3 N–H and O–H groups in total. The highest BCUT2D eigenvalue weighted by molar-refractivity contribution is 5.83. The molecule has 0 unspecified atom stereocenters. The topological polar surface area (TPSA) is 80.4 Å². The van der Waals surface area contributed by atoms with E-state index in [1.54, 1.807) is 13.8 Å². The summed E-state index contributed by atoms with van der Waals surface area (Å²) in [6, 6.07) is -0.396. The highest BCUT2D eigenvalue weighted by atomic mass is 16.4. The van der Waals surface area contributed by atoms with Gasteiger partial charge in [0, 0.05) is 6.42 Å². The van der Waals surface area contributed by atoms with Crippen LogP contribution in [0.3, 0.4) is 0 Å². The van der Waals surface area contributed by atoms with E-state index in [0.717, 1.165) is 12.8 Å². The first-order valence-electron chi connectivity index (χ1n) is 4.96. The Morgan fingerprint density at radius 3 is 2.29 bits per heavy atom. The van der Waals surface area contributed by atoms with E-state index in [-0.39, 0.29) is 11.7 Å². The number of carboxylic acids is 1. The van der Waals surface area contributed by atoms with E-state index < -0.39 is 12.0 Å². The molecule has 14 heavy (non-hydrogen) atoms. The van der Waals surface area contributed by atoms with Crippen LogP contribution >= 0.6 is 0 Å². The molecule has 0 fully saturated rings. The summed E-state index contributed by atoms with van der Waals surface area (Å²) in [6.45, 7) is 3.35. The van der Waals surface area contributed by atoms with E-state index in [1.807, 2.05) is 0 Å². The maximum Gasteiger partial charge on any atom is 0.306 e. The lowest BCUT2D eigenvalue weighted by Crippen LogP contribution is -2.26. The third-order valence-corrected chi connectivity index (χ3v) is 2.24. The van der Waals surface area contributed by atoms with Crippen LogP contribution in [0.25, 0.3) is 0 Å². The Bertz CT molecular complexity index is 202. The second-order valence-electron chi connectivity index (χ2n) is 3.74. The van der Waals surface area contributed by atoms with Gasteiger partial charge in [0.15, 0.2) is 0 Å². The zero-order chi connectivity index (χ0) is 11.1. The van der Waals surface area contributed by atoms with Crippen molar-refractivity contribution in [3.63, 3.8) is 0 Å². The van der Waals surface area contributed by atoms with Crippen molar-refractivity contribution in [1.29, 1.82) is 0 Å². The summed E-state index contributed by atoms with van der Waals surface area (Å²) >= 11 is 0. The fraction of sp³-hybridized carbons (Fsp3) is 0.800. The van der Waals surface area contributed by atoms with Gasteiger partial charge in [-0.25, -0.2) is 0 Å². The minimum Gasteiger partial charge on any atom is -0.481 e. The van der Waals surface area contributed by atoms with Crippen molar-refractivity contribution < 1.29 is 14.7 Å². The first-order chi connectivity index (χ1) is 6.45. The molecule has 0 saturated heterocycles. The number of carboxylic acid groups (broad SMARTS) is 1. The van der Waals surface area contributed by atoms with Crippen LogP contribution in [-0.4, -0.2) is 22.9 Å². The number of carbonyl (C=O) groups excluding carboxylic acids is 1. The molecule has 4 nitrogen and oxygen atoms in total. The molecule has 82 valence electrons. The van der Waals surface area contributed by atoms with Gasteiger partial charge in [-0.3, -0.25) is 9.59 Å². The first kappa shape index (κ1) is 13.1. The van der Waals surface area contributed by atoms with E-state index in [0.29, 0.717) is 12.8 Å². The maximum absolute atomic E-state index is 11.1. The number of hydrogen-bond donors (Lipinski definition) is 2. The highest BCUT2D eigenvalue weighted by Gasteiger charge is 2.11. The molecular formula is C10H19NO3. The molecule has 0 radical (unpaired) electrons. The Hall–Kier alpha value is -0.900. The van der Waals surface area contributed by atoms with Crippen LogP contribution in [0, 0.1) is 5.92 Å². The van der Waals surface area contributed by atoms with Crippen LogP contribution in [0.1, 0.15) is 39.5 Å². The van der Waals surface area contributed by atoms with Gasteiger partial charge in [0.05, 0.1) is 12.0 Å². The van der Waals surface area contributed by atoms with Gasteiger partial charge >= 0.3 is 5.97 Å². The lowest BCUT2D eigenvalue weighted by molar-refractivity contribution is -0.141. The minimum atomic E-state index is -0.775. The summed E-state index contributed by atoms with van der Waals surface area (Å²) < 4.78 is 0. The lowest BCUT2D eigenvalue weighted by Gasteiger charge is -2.06. The fourth-order valence-electron chi connectivity index (χ4n) is 1.10. The molecule has 0 aliphatic heterocycles. The summed E-state index contributed by atoms with van der Waals surface area (Å²) in [7, 11) is 0. The summed E-state index contributed by atoms with van der Waals surface area (Å²) in [5.41, 5.74) is 5.38. The molecule has 0 spiro atoms. The molecule has 0 aromatic carbocycles. The standard InChI is InChI=1S/C10H19NO3/c1-7(10(13)14)5-3-4-6-9(12)8(2)11/h7-8H,3-6,11H2,1-2H3,(H,13,14)/t7-,8+/m1/s1. The number of unbranched alkanes of at least 4 members (excludes halogenated alkanes) is 1. The van der Waals surface area contributed by atoms with Crippen LogP contribution in [0.5, 0.6) is 0 Å². The Morgan fingerprint density at radius 2 is 1.86 bits per heavy atom. The Morgan fingerprint density at radius 1 is 1.29 bits per heavy atom. The van der Waals surface area contributed by atoms with Crippen molar-refractivity contribution in [2.45, 2.75) is 45.6 Å². The third kappa shape index (κ3) is 5.70. The quantitative estimate of drug-likeness (QED) is 0.606. The van der Waals surface area contributed by atoms with Gasteiger partial charge in [0.1, 0.15) is 5.78 Å². The average molecular weight is 201 g/mol. The molecule has 0 rings (SSSR count). The molecular weight excluding hydrogens is 182 g/mol. The van der Waals surface area contributed by atoms with Crippen molar-refractivity contribution in [1.82, 2.24) is 0 Å². The molecule has 0 heterocycles. The summed E-state index contributed by atoms with van der Waals surface area (Å²) in [5.74, 6) is -1.04. The molecule has 0 saturated carbocycles. The molecule has 0 amide bonds. The number of aliphatic carboxylic acids is 1. The number of rotatable bonds is 7. The molecule has 4 heteroatoms. The van der Waals surface area contributed by atoms with E-state index in [1.165, 1.54) is 0 Å². The second-order valence-corrected chi connectivity index (χ2v) is 3.74. The predicted molar refractivity (Wildman–Crippen MR) is 53.9 cm³/mol. The van der Waals surface area contributed by atoms with Gasteiger partial charge in [-0.05, 0) is 19.8 Å². The molecule has 0 aromatic rings. The number of nitrogens with two attached hydrogens (primary N) is 1. The molecule has 2 atom stereocenters. The first-order valence-corrected chi connectivity index (χ1v) is 4.96. The third-order valence-electron chi connectivity index (χ3n) is 2.24. The fourth-order valence-corrected chi connectivity index (χ4v) is 1.10. The Balaban J connectivity index is 3.47. The zero-order valence-electron chi connectivity index (χ0n) is 8.82. The minimum absolute atomic E-state index is 0.0491. The number of carbonyl (C=O) groups is 2. The summed E-state index contributed by atoms with van der Waals surface area (Å²) in [4.78, 5) is 21.5. The second kappa shape index (κ2) is 6.54. The smallest absolute Gasteiger partial charge is 0.306 e. The maximum atomic E-state index is 11.1. The lowest BCUT2D eigenvalue weighted by atomic mass is 10.0. The predicted octanol–water partition coefficient (Wildman–Crippen LogP) is 1.18. The van der Waals surface area contributed by atoms with E-state index in [2.05, 4.69) is 0 Å². The van der Waals surface area contributed by atoms with Crippen molar-refractivity contribution >= 4 is 11.8 Å². The van der Waals surface area contributed by atoms with E-state index >= 15 is 0 Å². The van der Waals surface area contributed by atoms with Gasteiger partial charge in [-0.2, -0.15) is 0 Å². The summed E-state index contributed by atoms with van der Waals surface area (Å²) in [6.07, 6.45) is 2.59. The largest absolute Gasteiger partial charge is 0.481 e. The average Bonchev–Trinajstić information content (AvgIpc) is 2.11. The van der Waals surface area contributed by atoms with Gasteiger partial charge in [-0.15, -0.1) is 0 Å².